The van der Waals surface area contributed by atoms with Crippen molar-refractivity contribution in [1.82, 2.24) is 10.3 Å². The molecule has 8 heteroatoms. The van der Waals surface area contributed by atoms with E-state index >= 15 is 0 Å². The summed E-state index contributed by atoms with van der Waals surface area (Å²) in [6.45, 7) is 2.03. The molecule has 2 heterocycles. The van der Waals surface area contributed by atoms with Crippen molar-refractivity contribution in [2.24, 2.45) is 0 Å². The molecule has 0 bridgehead atoms. The largest absolute Gasteiger partial charge is 0.431 e. The van der Waals surface area contributed by atoms with Gasteiger partial charge in [-0.25, -0.2) is 9.37 Å². The van der Waals surface area contributed by atoms with Crippen molar-refractivity contribution in [3.05, 3.63) is 58.2 Å². The molecule has 3 rings (SSSR count). The molecule has 0 saturated heterocycles. The molecule has 5 nitrogen and oxygen atoms in total. The Morgan fingerprint density at radius 1 is 1.22 bits per heavy atom. The van der Waals surface area contributed by atoms with E-state index in [4.69, 9.17) is 4.42 Å². The number of thiophene rings is 1. The molecule has 3 aromatic rings. The smallest absolute Gasteiger partial charge is 0.256 e. The highest BCUT2D eigenvalue weighted by atomic mass is 32.2. The molecule has 0 aliphatic carbocycles. The Hall–Kier alpha value is -2.45. The number of halogens is 1. The van der Waals surface area contributed by atoms with E-state index in [0.29, 0.717) is 28.8 Å². The first kappa shape index (κ1) is 19.3. The maximum absolute atomic E-state index is 13.0. The van der Waals surface area contributed by atoms with Crippen molar-refractivity contribution in [3.8, 4) is 11.3 Å². The minimum Gasteiger partial charge on any atom is -0.431 e. The zero-order valence-electron chi connectivity index (χ0n) is 14.5. The summed E-state index contributed by atoms with van der Waals surface area (Å²) >= 11 is 2.65. The van der Waals surface area contributed by atoms with Gasteiger partial charge in [0.2, 0.25) is 5.91 Å². The molecular weight excluding hydrogens is 387 g/mol. The molecule has 0 spiro atoms. The number of rotatable bonds is 8. The van der Waals surface area contributed by atoms with Gasteiger partial charge in [-0.1, -0.05) is 11.8 Å². The Bertz CT molecular complexity index is 935. The summed E-state index contributed by atoms with van der Waals surface area (Å²) in [7, 11) is 0. The van der Waals surface area contributed by atoms with Crippen LogP contribution in [0.5, 0.6) is 0 Å². The van der Waals surface area contributed by atoms with Gasteiger partial charge in [0.25, 0.3) is 5.22 Å². The molecule has 0 atom stereocenters. The highest BCUT2D eigenvalue weighted by Gasteiger charge is 2.13. The SMILES string of the molecule is CC(=O)NCCc1ccc(C(=O)CSc2ncc(-c3ccc(F)cc3)o2)s1. The molecule has 140 valence electrons. The van der Waals surface area contributed by atoms with Crippen LogP contribution in [0.25, 0.3) is 11.3 Å². The van der Waals surface area contributed by atoms with Gasteiger partial charge in [-0.05, 0) is 42.8 Å². The van der Waals surface area contributed by atoms with E-state index in [2.05, 4.69) is 10.3 Å². The minimum absolute atomic E-state index is 0.00249. The zero-order chi connectivity index (χ0) is 19.2. The lowest BCUT2D eigenvalue weighted by Gasteiger charge is -1.99. The number of hydrogen-bond donors (Lipinski definition) is 1. The number of carbonyl (C=O) groups is 2. The quantitative estimate of drug-likeness (QED) is 0.450. The minimum atomic E-state index is -0.314. The number of thioether (sulfide) groups is 1. The molecular formula is C19H17FN2O3S2. The molecule has 27 heavy (non-hydrogen) atoms. The van der Waals surface area contributed by atoms with Crippen LogP contribution in [0.15, 0.2) is 52.2 Å². The van der Waals surface area contributed by atoms with Crippen LogP contribution in [0.2, 0.25) is 0 Å². The maximum Gasteiger partial charge on any atom is 0.256 e. The van der Waals surface area contributed by atoms with E-state index in [-0.39, 0.29) is 23.3 Å². The average Bonchev–Trinajstić information content (AvgIpc) is 3.30. The van der Waals surface area contributed by atoms with Gasteiger partial charge in [-0.3, -0.25) is 9.59 Å². The highest BCUT2D eigenvalue weighted by Crippen LogP contribution is 2.27. The Morgan fingerprint density at radius 2 is 2.00 bits per heavy atom. The van der Waals surface area contributed by atoms with E-state index < -0.39 is 0 Å². The van der Waals surface area contributed by atoms with Crippen molar-refractivity contribution in [2.45, 2.75) is 18.6 Å². The first-order chi connectivity index (χ1) is 13.0. The Morgan fingerprint density at radius 3 is 2.74 bits per heavy atom. The number of nitrogens with one attached hydrogen (secondary N) is 1. The fraction of sp³-hybridized carbons (Fsp3) is 0.211. The van der Waals surface area contributed by atoms with E-state index in [9.17, 15) is 14.0 Å². The van der Waals surface area contributed by atoms with Gasteiger partial charge in [0.15, 0.2) is 11.5 Å². The lowest BCUT2D eigenvalue weighted by Crippen LogP contribution is -2.22. The monoisotopic (exact) mass is 404 g/mol. The van der Waals surface area contributed by atoms with Crippen molar-refractivity contribution < 1.29 is 18.4 Å². The highest BCUT2D eigenvalue weighted by molar-refractivity contribution is 7.99. The molecule has 0 aliphatic heterocycles. The van der Waals surface area contributed by atoms with E-state index in [1.165, 1.54) is 42.2 Å². The molecule has 1 amide bonds. The molecule has 0 fully saturated rings. The van der Waals surface area contributed by atoms with Crippen molar-refractivity contribution >= 4 is 34.8 Å². The van der Waals surface area contributed by atoms with Crippen LogP contribution in [-0.2, 0) is 11.2 Å². The number of oxazole rings is 1. The number of Topliss-reactive ketones (excluding diaryl/α,β-unsaturated/α-hetero) is 1. The van der Waals surface area contributed by atoms with Crippen LogP contribution in [-0.4, -0.2) is 29.0 Å². The lowest BCUT2D eigenvalue weighted by molar-refractivity contribution is -0.118. The number of hydrogen-bond acceptors (Lipinski definition) is 6. The van der Waals surface area contributed by atoms with Gasteiger partial charge < -0.3 is 9.73 Å². The molecule has 0 radical (unpaired) electrons. The number of nitrogens with zero attached hydrogens (tertiary/aromatic N) is 1. The summed E-state index contributed by atoms with van der Waals surface area (Å²) in [5.74, 6) is 0.365. The van der Waals surface area contributed by atoms with Crippen LogP contribution in [0, 0.1) is 5.82 Å². The summed E-state index contributed by atoms with van der Waals surface area (Å²) in [4.78, 5) is 29.1. The lowest BCUT2D eigenvalue weighted by atomic mass is 10.2. The van der Waals surface area contributed by atoms with Gasteiger partial charge in [-0.2, -0.15) is 0 Å². The van der Waals surface area contributed by atoms with Crippen LogP contribution >= 0.6 is 23.1 Å². The van der Waals surface area contributed by atoms with E-state index in [1.54, 1.807) is 24.4 Å². The second-order valence-corrected chi connectivity index (χ2v) is 7.80. The summed E-state index contributed by atoms with van der Waals surface area (Å²) in [5, 5.41) is 3.13. The second kappa shape index (κ2) is 8.96. The fourth-order valence-corrected chi connectivity index (χ4v) is 4.02. The van der Waals surface area contributed by atoms with Gasteiger partial charge in [0.1, 0.15) is 5.82 Å². The normalized spacial score (nSPS) is 10.7. The fourth-order valence-electron chi connectivity index (χ4n) is 2.29. The van der Waals surface area contributed by atoms with Crippen LogP contribution in [0.1, 0.15) is 21.5 Å². The van der Waals surface area contributed by atoms with Gasteiger partial charge in [0, 0.05) is 23.9 Å². The third kappa shape index (κ3) is 5.51. The van der Waals surface area contributed by atoms with Crippen molar-refractivity contribution in [2.75, 3.05) is 12.3 Å². The third-order valence-electron chi connectivity index (χ3n) is 3.62. The molecule has 0 unspecified atom stereocenters. The number of ketones is 1. The van der Waals surface area contributed by atoms with Gasteiger partial charge in [-0.15, -0.1) is 11.3 Å². The van der Waals surface area contributed by atoms with Crippen LogP contribution in [0.3, 0.4) is 0 Å². The first-order valence-corrected chi connectivity index (χ1v) is 10.0. The summed E-state index contributed by atoms with van der Waals surface area (Å²) in [6, 6.07) is 9.65. The second-order valence-electron chi connectivity index (χ2n) is 5.71. The standard InChI is InChI=1S/C19H17FN2O3S2/c1-12(23)21-9-8-15-6-7-18(27-15)16(24)11-26-19-22-10-17(25-19)13-2-4-14(20)5-3-13/h2-7,10H,8-9,11H2,1H3,(H,21,23). The first-order valence-electron chi connectivity index (χ1n) is 8.22. The predicted molar refractivity (Wildman–Crippen MR) is 104 cm³/mol. The summed E-state index contributed by atoms with van der Waals surface area (Å²) in [5.41, 5.74) is 0.726. The predicted octanol–water partition coefficient (Wildman–Crippen LogP) is 4.20. The Labute approximate surface area is 164 Å². The summed E-state index contributed by atoms with van der Waals surface area (Å²) in [6.07, 6.45) is 2.26. The zero-order valence-corrected chi connectivity index (χ0v) is 16.2. The molecule has 0 aliphatic rings. The number of aromatic nitrogens is 1. The Balaban J connectivity index is 1.53. The number of carbonyl (C=O) groups excluding carboxylic acids is 2. The Kier molecular flexibility index (Phi) is 6.41. The number of amides is 1. The van der Waals surface area contributed by atoms with Crippen molar-refractivity contribution in [3.63, 3.8) is 0 Å². The maximum atomic E-state index is 13.0. The number of benzene rings is 1. The van der Waals surface area contributed by atoms with Gasteiger partial charge in [0.05, 0.1) is 16.8 Å². The molecule has 2 aromatic heterocycles. The topological polar surface area (TPSA) is 72.2 Å². The molecule has 1 aromatic carbocycles. The molecule has 0 saturated carbocycles. The van der Waals surface area contributed by atoms with E-state index in [0.717, 1.165) is 10.4 Å². The van der Waals surface area contributed by atoms with Crippen LogP contribution in [0.4, 0.5) is 4.39 Å². The van der Waals surface area contributed by atoms with E-state index in [1.807, 2.05) is 6.07 Å². The van der Waals surface area contributed by atoms with Crippen LogP contribution < -0.4 is 5.32 Å². The average molecular weight is 404 g/mol. The third-order valence-corrected chi connectivity index (χ3v) is 5.65. The molecule has 1 N–H and O–H groups in total. The summed E-state index contributed by atoms with van der Waals surface area (Å²) < 4.78 is 18.6. The van der Waals surface area contributed by atoms with Gasteiger partial charge >= 0.3 is 0 Å². The van der Waals surface area contributed by atoms with Crippen molar-refractivity contribution in [1.29, 1.82) is 0 Å².